The lowest BCUT2D eigenvalue weighted by molar-refractivity contribution is 0.0697. The number of hydrogen-bond acceptors (Lipinski definition) is 3. The summed E-state index contributed by atoms with van der Waals surface area (Å²) >= 11 is 1.83. The van der Waals surface area contributed by atoms with Crippen molar-refractivity contribution in [1.29, 1.82) is 0 Å². The van der Waals surface area contributed by atoms with Gasteiger partial charge in [0.25, 0.3) is 5.91 Å². The quantitative estimate of drug-likeness (QED) is 0.867. The van der Waals surface area contributed by atoms with Gasteiger partial charge in [-0.15, -0.1) is 0 Å². The van der Waals surface area contributed by atoms with Gasteiger partial charge in [-0.1, -0.05) is 6.07 Å². The summed E-state index contributed by atoms with van der Waals surface area (Å²) in [7, 11) is 0. The molecular weight excluding hydrogens is 238 g/mol. The van der Waals surface area contributed by atoms with E-state index in [2.05, 4.69) is 0 Å². The molecule has 1 aliphatic rings. The van der Waals surface area contributed by atoms with E-state index in [1.807, 2.05) is 11.8 Å². The highest BCUT2D eigenvalue weighted by Crippen LogP contribution is 2.14. The second-order valence-electron chi connectivity index (χ2n) is 3.79. The second-order valence-corrected chi connectivity index (χ2v) is 5.02. The fourth-order valence-corrected chi connectivity index (χ4v) is 2.64. The molecule has 1 aromatic carbocycles. The van der Waals surface area contributed by atoms with Crippen LogP contribution in [0.5, 0.6) is 0 Å². The minimum absolute atomic E-state index is 0.0756. The minimum Gasteiger partial charge on any atom is -0.478 e. The topological polar surface area (TPSA) is 57.6 Å². The number of nitrogens with zero attached hydrogens (tertiary/aromatic N) is 1. The van der Waals surface area contributed by atoms with Crippen LogP contribution in [-0.4, -0.2) is 46.5 Å². The van der Waals surface area contributed by atoms with Crippen molar-refractivity contribution in [2.45, 2.75) is 0 Å². The van der Waals surface area contributed by atoms with Crippen LogP contribution >= 0.6 is 11.8 Å². The van der Waals surface area contributed by atoms with E-state index in [4.69, 9.17) is 5.11 Å². The van der Waals surface area contributed by atoms with Gasteiger partial charge in [0.05, 0.1) is 5.56 Å². The number of benzene rings is 1. The van der Waals surface area contributed by atoms with Crippen LogP contribution in [0.3, 0.4) is 0 Å². The maximum Gasteiger partial charge on any atom is 0.335 e. The third-order valence-corrected chi connectivity index (χ3v) is 3.60. The molecule has 2 rings (SSSR count). The van der Waals surface area contributed by atoms with Crippen molar-refractivity contribution < 1.29 is 14.7 Å². The first-order valence-corrected chi connectivity index (χ1v) is 6.54. The van der Waals surface area contributed by atoms with E-state index in [0.717, 1.165) is 24.6 Å². The largest absolute Gasteiger partial charge is 0.478 e. The van der Waals surface area contributed by atoms with Gasteiger partial charge in [0.2, 0.25) is 0 Å². The standard InChI is InChI=1S/C12H13NO3S/c14-11(13-4-6-17-7-5-13)9-2-1-3-10(8-9)12(15)16/h1-3,8H,4-7H2,(H,15,16). The van der Waals surface area contributed by atoms with Crippen LogP contribution in [0.15, 0.2) is 24.3 Å². The molecule has 1 aliphatic heterocycles. The molecular formula is C12H13NO3S. The number of amides is 1. The van der Waals surface area contributed by atoms with Gasteiger partial charge in [0.15, 0.2) is 0 Å². The van der Waals surface area contributed by atoms with Gasteiger partial charge in [-0.2, -0.15) is 11.8 Å². The van der Waals surface area contributed by atoms with Crippen molar-refractivity contribution in [1.82, 2.24) is 4.90 Å². The average molecular weight is 251 g/mol. The Labute approximate surface area is 104 Å². The van der Waals surface area contributed by atoms with Crippen LogP contribution in [0.1, 0.15) is 20.7 Å². The molecule has 0 aliphatic carbocycles. The van der Waals surface area contributed by atoms with Crippen LogP contribution in [0.25, 0.3) is 0 Å². The van der Waals surface area contributed by atoms with E-state index in [0.29, 0.717) is 5.56 Å². The molecule has 5 heteroatoms. The average Bonchev–Trinajstić information content (AvgIpc) is 2.39. The van der Waals surface area contributed by atoms with Gasteiger partial charge in [-0.25, -0.2) is 4.79 Å². The molecule has 4 nitrogen and oxygen atoms in total. The van der Waals surface area contributed by atoms with E-state index in [1.165, 1.54) is 12.1 Å². The number of thioether (sulfide) groups is 1. The Morgan fingerprint density at radius 3 is 2.47 bits per heavy atom. The van der Waals surface area contributed by atoms with Crippen LogP contribution in [0, 0.1) is 0 Å². The van der Waals surface area contributed by atoms with Gasteiger partial charge in [0, 0.05) is 30.2 Å². The smallest absolute Gasteiger partial charge is 0.335 e. The van der Waals surface area contributed by atoms with Crippen LogP contribution in [0.4, 0.5) is 0 Å². The summed E-state index contributed by atoms with van der Waals surface area (Å²) in [6.07, 6.45) is 0. The fourth-order valence-electron chi connectivity index (χ4n) is 1.73. The molecule has 1 amide bonds. The minimum atomic E-state index is -1.01. The maximum atomic E-state index is 12.1. The van der Waals surface area contributed by atoms with Crippen molar-refractivity contribution in [3.8, 4) is 0 Å². The first kappa shape index (κ1) is 12.0. The number of aromatic carboxylic acids is 1. The zero-order chi connectivity index (χ0) is 12.3. The normalized spacial score (nSPS) is 15.6. The van der Waals surface area contributed by atoms with Crippen LogP contribution < -0.4 is 0 Å². The molecule has 17 heavy (non-hydrogen) atoms. The van der Waals surface area contributed by atoms with Crippen molar-refractivity contribution in [2.24, 2.45) is 0 Å². The lowest BCUT2D eigenvalue weighted by Gasteiger charge is -2.26. The monoisotopic (exact) mass is 251 g/mol. The van der Waals surface area contributed by atoms with Gasteiger partial charge >= 0.3 is 5.97 Å². The van der Waals surface area contributed by atoms with E-state index in [1.54, 1.807) is 17.0 Å². The number of carbonyl (C=O) groups is 2. The Morgan fingerprint density at radius 2 is 1.82 bits per heavy atom. The highest BCUT2D eigenvalue weighted by molar-refractivity contribution is 7.99. The molecule has 0 saturated carbocycles. The maximum absolute atomic E-state index is 12.1. The van der Waals surface area contributed by atoms with E-state index >= 15 is 0 Å². The molecule has 0 aromatic heterocycles. The summed E-state index contributed by atoms with van der Waals surface area (Å²) in [6, 6.07) is 6.20. The zero-order valence-corrected chi connectivity index (χ0v) is 10.1. The third kappa shape index (κ3) is 2.79. The molecule has 0 atom stereocenters. The number of hydrogen-bond donors (Lipinski definition) is 1. The first-order chi connectivity index (χ1) is 8.18. The first-order valence-electron chi connectivity index (χ1n) is 5.39. The molecule has 90 valence electrons. The van der Waals surface area contributed by atoms with Crippen molar-refractivity contribution >= 4 is 23.6 Å². The molecule has 1 N–H and O–H groups in total. The van der Waals surface area contributed by atoms with Crippen LogP contribution in [0.2, 0.25) is 0 Å². The summed E-state index contributed by atoms with van der Waals surface area (Å²) in [5.74, 6) is 0.816. The Balaban J connectivity index is 2.18. The molecule has 1 fully saturated rings. The van der Waals surface area contributed by atoms with Gasteiger partial charge < -0.3 is 10.0 Å². The van der Waals surface area contributed by atoms with Crippen molar-refractivity contribution in [3.05, 3.63) is 35.4 Å². The van der Waals surface area contributed by atoms with E-state index < -0.39 is 5.97 Å². The van der Waals surface area contributed by atoms with Gasteiger partial charge in [-0.3, -0.25) is 4.79 Å². The Bertz CT molecular complexity index is 441. The molecule has 1 aromatic rings. The predicted octanol–water partition coefficient (Wildman–Crippen LogP) is 1.57. The Morgan fingerprint density at radius 1 is 1.18 bits per heavy atom. The summed E-state index contributed by atoms with van der Waals surface area (Å²) < 4.78 is 0. The van der Waals surface area contributed by atoms with Crippen LogP contribution in [-0.2, 0) is 0 Å². The Kier molecular flexibility index (Phi) is 3.68. The highest BCUT2D eigenvalue weighted by atomic mass is 32.2. The van der Waals surface area contributed by atoms with Crippen molar-refractivity contribution in [3.63, 3.8) is 0 Å². The summed E-state index contributed by atoms with van der Waals surface area (Å²) in [4.78, 5) is 24.7. The SMILES string of the molecule is O=C(O)c1cccc(C(=O)N2CCSCC2)c1. The Hall–Kier alpha value is -1.49. The lowest BCUT2D eigenvalue weighted by Crippen LogP contribution is -2.37. The summed E-state index contributed by atoms with van der Waals surface area (Å²) in [6.45, 7) is 1.47. The lowest BCUT2D eigenvalue weighted by atomic mass is 10.1. The van der Waals surface area contributed by atoms with E-state index in [9.17, 15) is 9.59 Å². The number of carboxylic acid groups (broad SMARTS) is 1. The molecule has 0 radical (unpaired) electrons. The molecule has 0 spiro atoms. The van der Waals surface area contributed by atoms with Gasteiger partial charge in [-0.05, 0) is 18.2 Å². The number of carbonyl (C=O) groups excluding carboxylic acids is 1. The third-order valence-electron chi connectivity index (χ3n) is 2.65. The molecule has 1 heterocycles. The molecule has 0 bridgehead atoms. The second kappa shape index (κ2) is 5.23. The highest BCUT2D eigenvalue weighted by Gasteiger charge is 2.19. The van der Waals surface area contributed by atoms with Gasteiger partial charge in [0.1, 0.15) is 0 Å². The summed E-state index contributed by atoms with van der Waals surface area (Å²) in [5, 5.41) is 8.87. The summed E-state index contributed by atoms with van der Waals surface area (Å²) in [5.41, 5.74) is 0.610. The number of carboxylic acids is 1. The predicted molar refractivity (Wildman–Crippen MR) is 66.6 cm³/mol. The van der Waals surface area contributed by atoms with Crippen molar-refractivity contribution in [2.75, 3.05) is 24.6 Å². The number of rotatable bonds is 2. The zero-order valence-electron chi connectivity index (χ0n) is 9.26. The molecule has 0 unspecified atom stereocenters. The fraction of sp³-hybridized carbons (Fsp3) is 0.333. The van der Waals surface area contributed by atoms with E-state index in [-0.39, 0.29) is 11.5 Å². The molecule has 1 saturated heterocycles.